The van der Waals surface area contributed by atoms with Crippen LogP contribution < -0.4 is 15.4 Å². The number of amides is 2. The molecule has 1 saturated carbocycles. The van der Waals surface area contributed by atoms with E-state index in [-0.39, 0.29) is 6.42 Å². The van der Waals surface area contributed by atoms with Crippen molar-refractivity contribution in [3.63, 3.8) is 0 Å². The van der Waals surface area contributed by atoms with E-state index < -0.39 is 41.0 Å². The number of benzene rings is 3. The zero-order valence-electron chi connectivity index (χ0n) is 23.3. The second-order valence-electron chi connectivity index (χ2n) is 10.7. The summed E-state index contributed by atoms with van der Waals surface area (Å²) in [6, 6.07) is 18.2. The van der Waals surface area contributed by atoms with Crippen LogP contribution >= 0.6 is 0 Å². The number of Topliss-reactive ketones (excluding diaryl/α,β-unsaturated/α-hetero) is 1. The number of aryl methyl sites for hydroxylation is 2. The zero-order chi connectivity index (χ0) is 28.5. The van der Waals surface area contributed by atoms with Gasteiger partial charge in [0.1, 0.15) is 17.5 Å². The molecular formula is C32H36N2O5. The van der Waals surface area contributed by atoms with E-state index in [1.165, 1.54) is 14.0 Å². The van der Waals surface area contributed by atoms with Crippen molar-refractivity contribution in [3.8, 4) is 5.75 Å². The van der Waals surface area contributed by atoms with Crippen molar-refractivity contribution in [3.05, 3.63) is 88.5 Å². The number of nitrogens with one attached hydrogen (secondary N) is 2. The van der Waals surface area contributed by atoms with Gasteiger partial charge in [-0.3, -0.25) is 14.4 Å². The fourth-order valence-corrected chi connectivity index (χ4v) is 5.53. The predicted molar refractivity (Wildman–Crippen MR) is 152 cm³/mol. The Labute approximate surface area is 229 Å². The summed E-state index contributed by atoms with van der Waals surface area (Å²) >= 11 is 0. The van der Waals surface area contributed by atoms with Gasteiger partial charge < -0.3 is 20.5 Å². The number of ether oxygens (including phenoxy) is 1. The van der Waals surface area contributed by atoms with Gasteiger partial charge in [0.05, 0.1) is 18.6 Å². The van der Waals surface area contributed by atoms with E-state index in [0.717, 1.165) is 22.3 Å². The molecule has 2 amide bonds. The Morgan fingerprint density at radius 1 is 0.872 bits per heavy atom. The van der Waals surface area contributed by atoms with Crippen LogP contribution in [0, 0.1) is 39.5 Å². The molecule has 4 rings (SSSR count). The van der Waals surface area contributed by atoms with Crippen LogP contribution in [-0.2, 0) is 14.4 Å². The summed E-state index contributed by atoms with van der Waals surface area (Å²) in [6.07, 6.45) is -0.330. The van der Waals surface area contributed by atoms with Gasteiger partial charge in [0, 0.05) is 23.7 Å². The largest absolute Gasteiger partial charge is 0.497 e. The van der Waals surface area contributed by atoms with Crippen LogP contribution in [0.15, 0.2) is 60.7 Å². The number of ketones is 1. The Balaban J connectivity index is 1.81. The summed E-state index contributed by atoms with van der Waals surface area (Å²) in [5.41, 5.74) is 3.89. The molecule has 0 aromatic heterocycles. The van der Waals surface area contributed by atoms with Crippen molar-refractivity contribution in [2.75, 3.05) is 17.7 Å². The average Bonchev–Trinajstić information content (AvgIpc) is 2.88. The molecule has 4 unspecified atom stereocenters. The molecule has 4 atom stereocenters. The van der Waals surface area contributed by atoms with Gasteiger partial charge in [-0.2, -0.15) is 0 Å². The van der Waals surface area contributed by atoms with E-state index in [9.17, 15) is 19.5 Å². The van der Waals surface area contributed by atoms with Gasteiger partial charge in [0.2, 0.25) is 11.8 Å². The summed E-state index contributed by atoms with van der Waals surface area (Å²) in [6.45, 7) is 9.20. The lowest BCUT2D eigenvalue weighted by molar-refractivity contribution is -0.150. The number of methoxy groups -OCH3 is 1. The molecule has 0 heterocycles. The molecule has 204 valence electrons. The molecule has 7 nitrogen and oxygen atoms in total. The SMILES string of the molecule is COc1cccc(C2C(C(=O)Nc3cccc(C)c3C)C(=O)CC(C)(O)C2C(=O)Nc2cccc(C)c2C)c1. The summed E-state index contributed by atoms with van der Waals surface area (Å²) in [4.78, 5) is 41.4. The maximum atomic E-state index is 14.0. The highest BCUT2D eigenvalue weighted by atomic mass is 16.5. The minimum absolute atomic E-state index is 0.330. The highest BCUT2D eigenvalue weighted by Gasteiger charge is 2.56. The standard InChI is InChI=1S/C32H36N2O5/c1-18-10-7-14-24(20(18)3)33-30(36)28-26(35)17-32(5,38)29(27(28)22-12-9-13-23(16-22)39-6)31(37)34-25-15-8-11-19(2)21(25)4/h7-16,27-29,38H,17H2,1-6H3,(H,33,36)(H,34,37). The van der Waals surface area contributed by atoms with Gasteiger partial charge in [-0.15, -0.1) is 0 Å². The van der Waals surface area contributed by atoms with Crippen LogP contribution in [0.5, 0.6) is 5.75 Å². The van der Waals surface area contributed by atoms with Gasteiger partial charge >= 0.3 is 0 Å². The second-order valence-corrected chi connectivity index (χ2v) is 10.7. The van der Waals surface area contributed by atoms with Crippen LogP contribution in [-0.4, -0.2) is 35.4 Å². The smallest absolute Gasteiger partial charge is 0.235 e. The molecule has 0 bridgehead atoms. The second kappa shape index (κ2) is 11.0. The number of hydrogen-bond donors (Lipinski definition) is 3. The van der Waals surface area contributed by atoms with Crippen LogP contribution in [0.1, 0.15) is 47.1 Å². The lowest BCUT2D eigenvalue weighted by atomic mass is 9.61. The first-order valence-corrected chi connectivity index (χ1v) is 13.1. The zero-order valence-corrected chi connectivity index (χ0v) is 23.3. The molecule has 3 aromatic carbocycles. The normalized spacial score (nSPS) is 22.7. The van der Waals surface area contributed by atoms with Gasteiger partial charge in [0.15, 0.2) is 0 Å². The van der Waals surface area contributed by atoms with Crippen LogP contribution in [0.3, 0.4) is 0 Å². The molecule has 0 spiro atoms. The fourth-order valence-electron chi connectivity index (χ4n) is 5.53. The van der Waals surface area contributed by atoms with E-state index in [0.29, 0.717) is 22.7 Å². The molecule has 0 saturated heterocycles. The van der Waals surface area contributed by atoms with E-state index >= 15 is 0 Å². The van der Waals surface area contributed by atoms with Gasteiger partial charge in [-0.25, -0.2) is 0 Å². The van der Waals surface area contributed by atoms with E-state index in [2.05, 4.69) is 10.6 Å². The molecule has 7 heteroatoms. The third-order valence-electron chi connectivity index (χ3n) is 8.04. The molecule has 1 aliphatic rings. The number of anilines is 2. The van der Waals surface area contributed by atoms with Gasteiger partial charge in [-0.05, 0) is 86.7 Å². The minimum atomic E-state index is -1.69. The summed E-state index contributed by atoms with van der Waals surface area (Å²) in [7, 11) is 1.52. The Hall–Kier alpha value is -3.97. The monoisotopic (exact) mass is 528 g/mol. The van der Waals surface area contributed by atoms with Crippen LogP contribution in [0.2, 0.25) is 0 Å². The summed E-state index contributed by atoms with van der Waals surface area (Å²) in [5.74, 6) is -4.12. The minimum Gasteiger partial charge on any atom is -0.497 e. The molecular weight excluding hydrogens is 492 g/mol. The number of aliphatic hydroxyl groups is 1. The van der Waals surface area contributed by atoms with E-state index in [1.807, 2.05) is 52.0 Å². The maximum Gasteiger partial charge on any atom is 0.235 e. The molecule has 3 aromatic rings. The number of rotatable bonds is 6. The van der Waals surface area contributed by atoms with Crippen molar-refractivity contribution in [1.82, 2.24) is 0 Å². The third-order valence-corrected chi connectivity index (χ3v) is 8.04. The van der Waals surface area contributed by atoms with Crippen LogP contribution in [0.4, 0.5) is 11.4 Å². The number of carbonyl (C=O) groups is 3. The molecule has 39 heavy (non-hydrogen) atoms. The quantitative estimate of drug-likeness (QED) is 0.379. The van der Waals surface area contributed by atoms with Gasteiger partial charge in [-0.1, -0.05) is 36.4 Å². The predicted octanol–water partition coefficient (Wildman–Crippen LogP) is 5.25. The highest BCUT2D eigenvalue weighted by Crippen LogP contribution is 2.47. The van der Waals surface area contributed by atoms with Crippen molar-refractivity contribution in [2.24, 2.45) is 11.8 Å². The Bertz CT molecular complexity index is 1430. The van der Waals surface area contributed by atoms with Crippen molar-refractivity contribution >= 4 is 29.0 Å². The van der Waals surface area contributed by atoms with E-state index in [1.54, 1.807) is 36.4 Å². The van der Waals surface area contributed by atoms with E-state index in [4.69, 9.17) is 4.74 Å². The average molecular weight is 529 g/mol. The number of carbonyl (C=O) groups excluding carboxylic acids is 3. The first kappa shape index (κ1) is 28.0. The Kier molecular flexibility index (Phi) is 7.93. The third kappa shape index (κ3) is 5.59. The lowest BCUT2D eigenvalue weighted by Crippen LogP contribution is -2.56. The fraction of sp³-hybridized carbons (Fsp3) is 0.344. The van der Waals surface area contributed by atoms with Gasteiger partial charge in [0.25, 0.3) is 0 Å². The topological polar surface area (TPSA) is 105 Å². The summed E-state index contributed by atoms with van der Waals surface area (Å²) < 4.78 is 5.42. The first-order chi connectivity index (χ1) is 18.4. The van der Waals surface area contributed by atoms with Crippen LogP contribution in [0.25, 0.3) is 0 Å². The Morgan fingerprint density at radius 2 is 1.41 bits per heavy atom. The molecule has 1 fully saturated rings. The first-order valence-electron chi connectivity index (χ1n) is 13.1. The highest BCUT2D eigenvalue weighted by molar-refractivity contribution is 6.10. The Morgan fingerprint density at radius 3 is 1.97 bits per heavy atom. The number of hydrogen-bond acceptors (Lipinski definition) is 5. The summed E-state index contributed by atoms with van der Waals surface area (Å²) in [5, 5.41) is 17.5. The van der Waals surface area contributed by atoms with Crippen molar-refractivity contribution in [2.45, 2.75) is 52.6 Å². The van der Waals surface area contributed by atoms with Crippen molar-refractivity contribution < 1.29 is 24.2 Å². The molecule has 1 aliphatic carbocycles. The molecule has 0 aliphatic heterocycles. The molecule has 0 radical (unpaired) electrons. The lowest BCUT2D eigenvalue weighted by Gasteiger charge is -2.44. The van der Waals surface area contributed by atoms with Crippen molar-refractivity contribution in [1.29, 1.82) is 0 Å². The maximum absolute atomic E-state index is 14.0. The molecule has 3 N–H and O–H groups in total.